The molecule has 1 atom stereocenters. The maximum Gasteiger partial charge on any atom is 0.325 e. The van der Waals surface area contributed by atoms with Gasteiger partial charge in [0, 0.05) is 6.04 Å². The van der Waals surface area contributed by atoms with Crippen molar-refractivity contribution in [1.29, 1.82) is 0 Å². The van der Waals surface area contributed by atoms with Crippen LogP contribution in [0, 0.1) is 0 Å². The van der Waals surface area contributed by atoms with Gasteiger partial charge in [-0.3, -0.25) is 4.98 Å². The van der Waals surface area contributed by atoms with Gasteiger partial charge in [-0.25, -0.2) is 17.9 Å². The van der Waals surface area contributed by atoms with E-state index < -0.39 is 15.7 Å². The number of methoxy groups -OCH3 is 1. The van der Waals surface area contributed by atoms with E-state index in [1.165, 1.54) is 19.2 Å². The van der Waals surface area contributed by atoms with Crippen molar-refractivity contribution in [2.45, 2.75) is 30.7 Å². The predicted molar refractivity (Wildman–Crippen MR) is 84.2 cm³/mol. The molecule has 2 aromatic rings. The van der Waals surface area contributed by atoms with Crippen LogP contribution in [0.2, 0.25) is 0 Å². The van der Waals surface area contributed by atoms with Crippen LogP contribution >= 0.6 is 0 Å². The normalized spacial score (nSPS) is 13.0. The van der Waals surface area contributed by atoms with Crippen LogP contribution < -0.4 is 15.1 Å². The summed E-state index contributed by atoms with van der Waals surface area (Å²) in [6.07, 6.45) is 0.744. The number of hydrogen-bond acceptors (Lipinski definition) is 5. The molecule has 1 aromatic carbocycles. The van der Waals surface area contributed by atoms with Gasteiger partial charge in [0.1, 0.15) is 5.75 Å². The second-order valence-electron chi connectivity index (χ2n) is 5.14. The van der Waals surface area contributed by atoms with Crippen molar-refractivity contribution in [1.82, 2.24) is 14.7 Å². The Morgan fingerprint density at radius 3 is 2.43 bits per heavy atom. The highest BCUT2D eigenvalue weighted by molar-refractivity contribution is 7.89. The van der Waals surface area contributed by atoms with E-state index >= 15 is 0 Å². The van der Waals surface area contributed by atoms with E-state index in [0.717, 1.165) is 0 Å². The Balaban J connectivity index is 1.98. The lowest BCUT2D eigenvalue weighted by Gasteiger charge is -2.14. The van der Waals surface area contributed by atoms with Gasteiger partial charge >= 0.3 is 5.69 Å². The highest BCUT2D eigenvalue weighted by Crippen LogP contribution is 2.17. The number of benzene rings is 1. The third-order valence-corrected chi connectivity index (χ3v) is 4.94. The first kappa shape index (κ1) is 17.1. The summed E-state index contributed by atoms with van der Waals surface area (Å²) < 4.78 is 32.1. The number of aromatic hydroxyl groups is 1. The summed E-state index contributed by atoms with van der Waals surface area (Å²) in [5, 5.41) is 9.47. The van der Waals surface area contributed by atoms with E-state index in [9.17, 15) is 18.3 Å². The maximum absolute atomic E-state index is 12.3. The molecule has 0 bridgehead atoms. The first-order valence-corrected chi connectivity index (χ1v) is 8.46. The SMILES string of the molecule is COc1ccc(S(=O)(=O)NC(C)CCc2[nH]c(=O)[nH]c2O)cc1. The van der Waals surface area contributed by atoms with Gasteiger partial charge in [-0.1, -0.05) is 0 Å². The van der Waals surface area contributed by atoms with Crippen LogP contribution in [-0.2, 0) is 16.4 Å². The standard InChI is InChI=1S/C14H19N3O5S/c1-9(3-8-12-13(18)16-14(19)15-12)17-23(20,21)11-6-4-10(22-2)5-7-11/h4-7,9,17-18H,3,8H2,1-2H3,(H2,15,16,19). The van der Waals surface area contributed by atoms with E-state index in [4.69, 9.17) is 4.74 Å². The number of aryl methyl sites for hydroxylation is 1. The Morgan fingerprint density at radius 1 is 1.26 bits per heavy atom. The van der Waals surface area contributed by atoms with Gasteiger partial charge in [0.05, 0.1) is 17.7 Å². The average molecular weight is 341 g/mol. The number of hydrogen-bond donors (Lipinski definition) is 4. The lowest BCUT2D eigenvalue weighted by molar-refractivity contribution is 0.414. The third-order valence-electron chi connectivity index (χ3n) is 3.34. The smallest absolute Gasteiger partial charge is 0.325 e. The molecule has 4 N–H and O–H groups in total. The second kappa shape index (κ2) is 6.88. The van der Waals surface area contributed by atoms with Crippen LogP contribution in [0.25, 0.3) is 0 Å². The molecule has 0 aliphatic rings. The summed E-state index contributed by atoms with van der Waals surface area (Å²) in [6, 6.07) is 5.69. The fourth-order valence-corrected chi connectivity index (χ4v) is 3.38. The van der Waals surface area contributed by atoms with Crippen molar-refractivity contribution in [3.8, 4) is 11.6 Å². The molecule has 0 spiro atoms. The number of aromatic amines is 2. The first-order valence-electron chi connectivity index (χ1n) is 6.98. The van der Waals surface area contributed by atoms with Crippen LogP contribution in [0.4, 0.5) is 0 Å². The second-order valence-corrected chi connectivity index (χ2v) is 6.86. The Hall–Kier alpha value is -2.26. The van der Waals surface area contributed by atoms with Gasteiger partial charge in [-0.2, -0.15) is 0 Å². The summed E-state index contributed by atoms with van der Waals surface area (Å²) >= 11 is 0. The summed E-state index contributed by atoms with van der Waals surface area (Å²) in [4.78, 5) is 15.8. The molecule has 0 aliphatic heterocycles. The molecular weight excluding hydrogens is 322 g/mol. The van der Waals surface area contributed by atoms with E-state index in [2.05, 4.69) is 14.7 Å². The average Bonchev–Trinajstić information content (AvgIpc) is 2.82. The lowest BCUT2D eigenvalue weighted by atomic mass is 10.1. The molecule has 2 rings (SSSR count). The van der Waals surface area contributed by atoms with Gasteiger partial charge < -0.3 is 14.8 Å². The van der Waals surface area contributed by atoms with Gasteiger partial charge in [0.2, 0.25) is 15.9 Å². The zero-order chi connectivity index (χ0) is 17.0. The van der Waals surface area contributed by atoms with Crippen molar-refractivity contribution >= 4 is 10.0 Å². The lowest BCUT2D eigenvalue weighted by Crippen LogP contribution is -2.33. The largest absolute Gasteiger partial charge is 0.497 e. The van der Waals surface area contributed by atoms with Gasteiger partial charge in [0.25, 0.3) is 0 Å². The maximum atomic E-state index is 12.3. The van der Waals surface area contributed by atoms with Crippen molar-refractivity contribution in [3.63, 3.8) is 0 Å². The van der Waals surface area contributed by atoms with Crippen molar-refractivity contribution in [2.75, 3.05) is 7.11 Å². The molecule has 9 heteroatoms. The summed E-state index contributed by atoms with van der Waals surface area (Å²) in [5.41, 5.74) is -0.144. The van der Waals surface area contributed by atoms with Crippen molar-refractivity contribution < 1.29 is 18.3 Å². The summed E-state index contributed by atoms with van der Waals surface area (Å²) in [7, 11) is -2.14. The molecule has 8 nitrogen and oxygen atoms in total. The summed E-state index contributed by atoms with van der Waals surface area (Å²) in [6.45, 7) is 1.71. The Bertz CT molecular complexity index is 808. The zero-order valence-corrected chi connectivity index (χ0v) is 13.6. The Labute approximate surface area is 133 Å². The molecule has 0 radical (unpaired) electrons. The zero-order valence-electron chi connectivity index (χ0n) is 12.8. The molecule has 0 saturated carbocycles. The topological polar surface area (TPSA) is 124 Å². The number of nitrogens with one attached hydrogen (secondary N) is 3. The van der Waals surface area contributed by atoms with E-state index in [-0.39, 0.29) is 16.8 Å². The molecule has 1 aromatic heterocycles. The number of aromatic nitrogens is 2. The first-order chi connectivity index (χ1) is 10.8. The van der Waals surface area contributed by atoms with Gasteiger partial charge in [-0.15, -0.1) is 0 Å². The van der Waals surface area contributed by atoms with Crippen LogP contribution in [0.5, 0.6) is 11.6 Å². The number of imidazole rings is 1. The highest BCUT2D eigenvalue weighted by atomic mass is 32.2. The van der Waals surface area contributed by atoms with Crippen LogP contribution in [0.1, 0.15) is 19.0 Å². The molecular formula is C14H19N3O5S. The molecule has 1 heterocycles. The third kappa shape index (κ3) is 4.36. The van der Waals surface area contributed by atoms with Gasteiger partial charge in [0.15, 0.2) is 0 Å². The minimum absolute atomic E-state index is 0.142. The number of H-pyrrole nitrogens is 2. The monoisotopic (exact) mass is 341 g/mol. The molecule has 0 aliphatic carbocycles. The summed E-state index contributed by atoms with van der Waals surface area (Å²) in [5.74, 6) is 0.351. The fourth-order valence-electron chi connectivity index (χ4n) is 2.10. The Morgan fingerprint density at radius 2 is 1.91 bits per heavy atom. The molecule has 126 valence electrons. The van der Waals surface area contributed by atoms with E-state index in [1.807, 2.05) is 0 Å². The molecule has 0 fully saturated rings. The van der Waals surface area contributed by atoms with Crippen molar-refractivity contribution in [2.24, 2.45) is 0 Å². The minimum atomic E-state index is -3.64. The fraction of sp³-hybridized carbons (Fsp3) is 0.357. The molecule has 0 amide bonds. The number of sulfonamides is 1. The molecule has 23 heavy (non-hydrogen) atoms. The van der Waals surface area contributed by atoms with Crippen LogP contribution in [-0.4, -0.2) is 36.6 Å². The minimum Gasteiger partial charge on any atom is -0.497 e. The van der Waals surface area contributed by atoms with Gasteiger partial charge in [-0.05, 0) is 44.0 Å². The predicted octanol–water partition coefficient (Wildman–Crippen LogP) is 0.717. The Kier molecular flexibility index (Phi) is 5.12. The van der Waals surface area contributed by atoms with Crippen LogP contribution in [0.3, 0.4) is 0 Å². The van der Waals surface area contributed by atoms with Crippen LogP contribution in [0.15, 0.2) is 34.0 Å². The number of ether oxygens (including phenoxy) is 1. The molecule has 0 saturated heterocycles. The quantitative estimate of drug-likeness (QED) is 0.590. The highest BCUT2D eigenvalue weighted by Gasteiger charge is 2.18. The molecule has 1 unspecified atom stereocenters. The number of rotatable bonds is 7. The van der Waals surface area contributed by atoms with Crippen molar-refractivity contribution in [3.05, 3.63) is 40.4 Å². The van der Waals surface area contributed by atoms with E-state index in [1.54, 1.807) is 19.1 Å². The van der Waals surface area contributed by atoms with E-state index in [0.29, 0.717) is 24.3 Å².